The van der Waals surface area contributed by atoms with Crippen molar-refractivity contribution in [3.8, 4) is 0 Å². The van der Waals surface area contributed by atoms with Gasteiger partial charge >= 0.3 is 0 Å². The van der Waals surface area contributed by atoms with E-state index in [1.807, 2.05) is 17.6 Å². The second-order valence-electron chi connectivity index (χ2n) is 5.37. The van der Waals surface area contributed by atoms with Crippen molar-refractivity contribution in [2.24, 2.45) is 4.40 Å². The summed E-state index contributed by atoms with van der Waals surface area (Å²) >= 11 is 13.2. The molecular weight excluding hydrogens is 415 g/mol. The number of hydrogen-bond acceptors (Lipinski definition) is 4. The minimum absolute atomic E-state index is 0.0914. The van der Waals surface area contributed by atoms with Crippen LogP contribution in [0.4, 0.5) is 0 Å². The number of aromatic nitrogens is 1. The van der Waals surface area contributed by atoms with Crippen LogP contribution >= 0.6 is 34.5 Å². The van der Waals surface area contributed by atoms with E-state index < -0.39 is 10.0 Å². The normalized spacial score (nSPS) is 12.8. The molecule has 0 atom stereocenters. The first-order valence-corrected chi connectivity index (χ1v) is 10.8. The zero-order chi connectivity index (χ0) is 18.7. The van der Waals surface area contributed by atoms with Gasteiger partial charge in [0.25, 0.3) is 10.0 Å². The summed E-state index contributed by atoms with van der Waals surface area (Å²) in [5, 5.41) is 1.05. The van der Waals surface area contributed by atoms with Crippen LogP contribution in [-0.2, 0) is 21.3 Å². The topological polar surface area (TPSA) is 60.7 Å². The summed E-state index contributed by atoms with van der Waals surface area (Å²) in [6.07, 6.45) is 0. The predicted molar refractivity (Wildman–Crippen MR) is 106 cm³/mol. The first-order valence-electron chi connectivity index (χ1n) is 7.84. The lowest BCUT2D eigenvalue weighted by atomic mass is 10.3. The molecule has 3 aromatic rings. The molecule has 0 bridgehead atoms. The summed E-state index contributed by atoms with van der Waals surface area (Å²) in [6, 6.07) is 11.4. The minimum Gasteiger partial charge on any atom is -0.380 e. The van der Waals surface area contributed by atoms with Crippen LogP contribution < -0.4 is 4.80 Å². The number of nitrogens with zero attached hydrogens (tertiary/aromatic N) is 2. The summed E-state index contributed by atoms with van der Waals surface area (Å²) in [5.41, 5.74) is 0.865. The summed E-state index contributed by atoms with van der Waals surface area (Å²) in [6.45, 7) is 3.44. The Labute approximate surface area is 165 Å². The molecule has 138 valence electrons. The van der Waals surface area contributed by atoms with E-state index in [9.17, 15) is 8.42 Å². The summed E-state index contributed by atoms with van der Waals surface area (Å²) in [5.74, 6) is 0. The van der Waals surface area contributed by atoms with E-state index >= 15 is 0 Å². The third-order valence-electron chi connectivity index (χ3n) is 3.62. The van der Waals surface area contributed by atoms with Gasteiger partial charge in [0, 0.05) is 23.2 Å². The number of fused-ring (bicyclic) bond motifs is 1. The van der Waals surface area contributed by atoms with Gasteiger partial charge in [-0.05, 0) is 49.4 Å². The Bertz CT molecular complexity index is 1090. The van der Waals surface area contributed by atoms with Gasteiger partial charge in [0.05, 0.1) is 21.7 Å². The average Bonchev–Trinajstić information content (AvgIpc) is 2.91. The highest BCUT2D eigenvalue weighted by molar-refractivity contribution is 7.90. The van der Waals surface area contributed by atoms with Crippen LogP contribution in [0.3, 0.4) is 0 Å². The summed E-state index contributed by atoms with van der Waals surface area (Å²) < 4.78 is 37.5. The van der Waals surface area contributed by atoms with Gasteiger partial charge in [0.15, 0.2) is 0 Å². The highest BCUT2D eigenvalue weighted by Crippen LogP contribution is 2.23. The van der Waals surface area contributed by atoms with Gasteiger partial charge in [-0.15, -0.1) is 4.40 Å². The van der Waals surface area contributed by atoms with E-state index in [2.05, 4.69) is 4.40 Å². The number of halogens is 2. The molecule has 3 rings (SSSR count). The van der Waals surface area contributed by atoms with Crippen molar-refractivity contribution >= 4 is 54.8 Å². The smallest absolute Gasteiger partial charge is 0.285 e. The first-order chi connectivity index (χ1) is 12.4. The largest absolute Gasteiger partial charge is 0.380 e. The number of sulfonamides is 1. The van der Waals surface area contributed by atoms with Gasteiger partial charge in [-0.1, -0.05) is 34.5 Å². The van der Waals surface area contributed by atoms with E-state index in [-0.39, 0.29) is 4.90 Å². The molecule has 0 saturated carbocycles. The molecule has 0 unspecified atom stereocenters. The van der Waals surface area contributed by atoms with Crippen LogP contribution in [-0.4, -0.2) is 26.2 Å². The first kappa shape index (κ1) is 19.4. The SMILES string of the molecule is CCOCCn1/c(=N/S(=O)(=O)c2ccc(Cl)cc2)sc2cc(Cl)ccc21. The van der Waals surface area contributed by atoms with E-state index in [0.717, 1.165) is 10.2 Å². The lowest BCUT2D eigenvalue weighted by molar-refractivity contribution is 0.139. The van der Waals surface area contributed by atoms with Crippen LogP contribution in [0.5, 0.6) is 0 Å². The standard InChI is InChI=1S/C17H16Cl2N2O3S2/c1-2-24-10-9-21-15-8-5-13(19)11-16(15)25-17(21)20-26(22,23)14-6-3-12(18)4-7-14/h3-8,11H,2,9-10H2,1H3/b20-17-. The molecule has 0 aliphatic rings. The molecule has 0 aliphatic heterocycles. The van der Waals surface area contributed by atoms with Gasteiger partial charge in [0.2, 0.25) is 4.80 Å². The predicted octanol–water partition coefficient (Wildman–Crippen LogP) is 4.34. The molecule has 1 aromatic heterocycles. The highest BCUT2D eigenvalue weighted by atomic mass is 35.5. The fourth-order valence-electron chi connectivity index (χ4n) is 2.40. The van der Waals surface area contributed by atoms with Gasteiger partial charge in [0.1, 0.15) is 0 Å². The Morgan fingerprint density at radius 2 is 1.81 bits per heavy atom. The summed E-state index contributed by atoms with van der Waals surface area (Å²) in [7, 11) is -3.86. The van der Waals surface area contributed by atoms with Crippen LogP contribution in [0.2, 0.25) is 10.0 Å². The zero-order valence-electron chi connectivity index (χ0n) is 13.9. The molecule has 26 heavy (non-hydrogen) atoms. The molecule has 1 heterocycles. The minimum atomic E-state index is -3.86. The number of rotatable bonds is 6. The maximum absolute atomic E-state index is 12.7. The molecule has 5 nitrogen and oxygen atoms in total. The van der Waals surface area contributed by atoms with E-state index in [1.165, 1.54) is 35.6 Å². The van der Waals surface area contributed by atoms with E-state index in [0.29, 0.717) is 34.6 Å². The second-order valence-corrected chi connectivity index (χ2v) is 8.85. The molecule has 9 heteroatoms. The van der Waals surface area contributed by atoms with Crippen molar-refractivity contribution in [1.82, 2.24) is 4.57 Å². The zero-order valence-corrected chi connectivity index (χ0v) is 17.0. The number of ether oxygens (including phenoxy) is 1. The highest BCUT2D eigenvalue weighted by Gasteiger charge is 2.15. The van der Waals surface area contributed by atoms with Crippen molar-refractivity contribution in [2.45, 2.75) is 18.4 Å². The molecule has 0 spiro atoms. The number of hydrogen-bond donors (Lipinski definition) is 0. The maximum atomic E-state index is 12.7. The van der Waals surface area contributed by atoms with Crippen LogP contribution in [0, 0.1) is 0 Å². The van der Waals surface area contributed by atoms with Crippen molar-refractivity contribution in [2.75, 3.05) is 13.2 Å². The van der Waals surface area contributed by atoms with Crippen molar-refractivity contribution in [3.05, 3.63) is 57.3 Å². The molecular formula is C17H16Cl2N2O3S2. The Hall–Kier alpha value is -1.38. The van der Waals surface area contributed by atoms with Gasteiger partial charge in [-0.3, -0.25) is 0 Å². The number of thiazole rings is 1. The fraction of sp³-hybridized carbons (Fsp3) is 0.235. The van der Waals surface area contributed by atoms with Crippen LogP contribution in [0.15, 0.2) is 51.8 Å². The number of benzene rings is 2. The van der Waals surface area contributed by atoms with Gasteiger partial charge < -0.3 is 9.30 Å². The van der Waals surface area contributed by atoms with Gasteiger partial charge in [-0.2, -0.15) is 8.42 Å². The monoisotopic (exact) mass is 430 g/mol. The lowest BCUT2D eigenvalue weighted by Crippen LogP contribution is -2.19. The molecule has 0 amide bonds. The molecule has 0 saturated heterocycles. The van der Waals surface area contributed by atoms with Crippen molar-refractivity contribution < 1.29 is 13.2 Å². The third kappa shape index (κ3) is 4.29. The third-order valence-corrected chi connectivity index (χ3v) is 6.54. The Morgan fingerprint density at radius 3 is 2.50 bits per heavy atom. The van der Waals surface area contributed by atoms with E-state index in [1.54, 1.807) is 12.1 Å². The quantitative estimate of drug-likeness (QED) is 0.546. The molecule has 0 fully saturated rings. The average molecular weight is 431 g/mol. The molecule has 2 aromatic carbocycles. The Kier molecular flexibility index (Phi) is 6.04. The van der Waals surface area contributed by atoms with Crippen molar-refractivity contribution in [1.29, 1.82) is 0 Å². The fourth-order valence-corrected chi connectivity index (χ4v) is 5.06. The molecule has 0 radical (unpaired) electrons. The van der Waals surface area contributed by atoms with Crippen LogP contribution in [0.25, 0.3) is 10.2 Å². The van der Waals surface area contributed by atoms with E-state index in [4.69, 9.17) is 27.9 Å². The molecule has 0 aliphatic carbocycles. The lowest BCUT2D eigenvalue weighted by Gasteiger charge is -2.05. The Balaban J connectivity index is 2.14. The Morgan fingerprint density at radius 1 is 1.12 bits per heavy atom. The summed E-state index contributed by atoms with van der Waals surface area (Å²) in [4.78, 5) is 0.464. The van der Waals surface area contributed by atoms with Crippen molar-refractivity contribution in [3.63, 3.8) is 0 Å². The van der Waals surface area contributed by atoms with Gasteiger partial charge in [-0.25, -0.2) is 0 Å². The second kappa shape index (κ2) is 8.10. The van der Waals surface area contributed by atoms with Crippen LogP contribution in [0.1, 0.15) is 6.92 Å². The maximum Gasteiger partial charge on any atom is 0.285 e. The molecule has 0 N–H and O–H groups in total.